The fourth-order valence-electron chi connectivity index (χ4n) is 2.95. The summed E-state index contributed by atoms with van der Waals surface area (Å²) in [6.07, 6.45) is 1.48. The number of aliphatic hydroxyl groups excluding tert-OH is 1. The van der Waals surface area contributed by atoms with Crippen LogP contribution in [0.3, 0.4) is 0 Å². The van der Waals surface area contributed by atoms with Crippen molar-refractivity contribution in [2.45, 2.75) is 25.1 Å². The first-order valence-electron chi connectivity index (χ1n) is 7.36. The molecule has 1 aliphatic rings. The van der Waals surface area contributed by atoms with Crippen LogP contribution in [0.4, 0.5) is 4.39 Å². The highest BCUT2D eigenvalue weighted by Gasteiger charge is 2.37. The van der Waals surface area contributed by atoms with Crippen LogP contribution in [0.5, 0.6) is 0 Å². The molecular weight excluding hydrogens is 301 g/mol. The summed E-state index contributed by atoms with van der Waals surface area (Å²) >= 11 is 0. The smallest absolute Gasteiger partial charge is 0.323 e. The van der Waals surface area contributed by atoms with Gasteiger partial charge in [-0.1, -0.05) is 0 Å². The van der Waals surface area contributed by atoms with E-state index >= 15 is 0 Å². The Morgan fingerprint density at radius 1 is 1.48 bits per heavy atom. The molecule has 0 saturated carbocycles. The minimum atomic E-state index is -0.555. The molecule has 0 unspecified atom stereocenters. The van der Waals surface area contributed by atoms with Gasteiger partial charge in [0.25, 0.3) is 0 Å². The third kappa shape index (κ3) is 3.25. The van der Waals surface area contributed by atoms with Gasteiger partial charge >= 0.3 is 5.97 Å². The average molecular weight is 319 g/mol. The number of nitrogens with zero attached hydrogens (tertiary/aromatic N) is 2. The van der Waals surface area contributed by atoms with E-state index in [2.05, 4.69) is 10.2 Å². The number of ether oxygens (including phenoxy) is 1. The Labute approximate surface area is 132 Å². The summed E-state index contributed by atoms with van der Waals surface area (Å²) in [7, 11) is 1.34. The van der Waals surface area contributed by atoms with Crippen LogP contribution >= 0.6 is 0 Å². The van der Waals surface area contributed by atoms with Crippen LogP contribution in [-0.4, -0.2) is 52.0 Å². The largest absolute Gasteiger partial charge is 0.468 e. The summed E-state index contributed by atoms with van der Waals surface area (Å²) < 4.78 is 17.9. The van der Waals surface area contributed by atoms with Gasteiger partial charge in [0.2, 0.25) is 0 Å². The number of benzene rings is 1. The van der Waals surface area contributed by atoms with Gasteiger partial charge < -0.3 is 9.84 Å². The van der Waals surface area contributed by atoms with Crippen molar-refractivity contribution in [2.75, 3.05) is 13.7 Å². The van der Waals surface area contributed by atoms with E-state index < -0.39 is 12.1 Å². The second-order valence-electron chi connectivity index (χ2n) is 5.64. The molecule has 3 rings (SSSR count). The molecule has 2 aromatic rings. The van der Waals surface area contributed by atoms with E-state index in [1.165, 1.54) is 19.2 Å². The number of likely N-dealkylation sites (tertiary alicyclic amines) is 1. The number of aliphatic hydroxyl groups is 1. The first-order chi connectivity index (χ1) is 11.1. The molecule has 0 aliphatic carbocycles. The Morgan fingerprint density at radius 2 is 2.22 bits per heavy atom. The highest BCUT2D eigenvalue weighted by Crippen LogP contribution is 2.26. The van der Waals surface area contributed by atoms with Gasteiger partial charge in [-0.2, -0.15) is 5.10 Å². The molecule has 23 heavy (non-hydrogen) atoms. The van der Waals surface area contributed by atoms with Crippen molar-refractivity contribution in [3.05, 3.63) is 41.8 Å². The SMILES string of the molecule is COC(=O)[C@@H]1C[C@@H](O)CN1Cc1cn[nH]c1-c1ccc(F)cc1. The number of esters is 1. The molecule has 6 nitrogen and oxygen atoms in total. The average Bonchev–Trinajstić information content (AvgIpc) is 3.14. The van der Waals surface area contributed by atoms with Crippen molar-refractivity contribution < 1.29 is 19.0 Å². The van der Waals surface area contributed by atoms with Crippen molar-refractivity contribution in [3.8, 4) is 11.3 Å². The van der Waals surface area contributed by atoms with Gasteiger partial charge in [0, 0.05) is 30.6 Å². The summed E-state index contributed by atoms with van der Waals surface area (Å²) in [6, 6.07) is 5.64. The third-order valence-corrected chi connectivity index (χ3v) is 4.08. The number of nitrogens with one attached hydrogen (secondary N) is 1. The number of methoxy groups -OCH3 is 1. The van der Waals surface area contributed by atoms with E-state index in [9.17, 15) is 14.3 Å². The number of rotatable bonds is 4. The second-order valence-corrected chi connectivity index (χ2v) is 5.64. The van der Waals surface area contributed by atoms with Gasteiger partial charge in [0.05, 0.1) is 25.1 Å². The molecule has 0 bridgehead atoms. The monoisotopic (exact) mass is 319 g/mol. The summed E-state index contributed by atoms with van der Waals surface area (Å²) in [4.78, 5) is 13.7. The highest BCUT2D eigenvalue weighted by atomic mass is 19.1. The molecule has 2 atom stereocenters. The Hall–Kier alpha value is -2.25. The van der Waals surface area contributed by atoms with E-state index in [4.69, 9.17) is 4.74 Å². The number of H-pyrrole nitrogens is 1. The van der Waals surface area contributed by atoms with Crippen LogP contribution in [0.1, 0.15) is 12.0 Å². The summed E-state index contributed by atoms with van der Waals surface area (Å²) in [6.45, 7) is 0.841. The molecule has 1 aromatic heterocycles. The zero-order valence-corrected chi connectivity index (χ0v) is 12.7. The number of β-amino-alcohol motifs (C(OH)–C–C–N with tert-alkyl or cyclic N) is 1. The molecule has 1 fully saturated rings. The lowest BCUT2D eigenvalue weighted by atomic mass is 10.1. The lowest BCUT2D eigenvalue weighted by Crippen LogP contribution is -2.36. The molecule has 0 amide bonds. The van der Waals surface area contributed by atoms with Gasteiger partial charge in [-0.3, -0.25) is 14.8 Å². The Balaban J connectivity index is 1.82. The molecule has 1 aliphatic heterocycles. The number of hydrogen-bond acceptors (Lipinski definition) is 5. The fourth-order valence-corrected chi connectivity index (χ4v) is 2.95. The number of carbonyl (C=O) groups is 1. The molecule has 2 N–H and O–H groups in total. The molecule has 1 aromatic carbocycles. The molecular formula is C16H18FN3O3. The quantitative estimate of drug-likeness (QED) is 0.831. The van der Waals surface area contributed by atoms with Crippen LogP contribution in [0, 0.1) is 5.82 Å². The first-order valence-corrected chi connectivity index (χ1v) is 7.36. The molecule has 0 spiro atoms. The maximum atomic E-state index is 13.1. The van der Waals surface area contributed by atoms with Gasteiger partial charge in [-0.05, 0) is 24.3 Å². The van der Waals surface area contributed by atoms with E-state index in [1.54, 1.807) is 18.3 Å². The lowest BCUT2D eigenvalue weighted by molar-refractivity contribution is -0.146. The number of aromatic amines is 1. The number of hydrogen-bond donors (Lipinski definition) is 2. The Bertz CT molecular complexity index is 686. The van der Waals surface area contributed by atoms with Crippen LogP contribution < -0.4 is 0 Å². The summed E-state index contributed by atoms with van der Waals surface area (Å²) in [5.74, 6) is -0.656. The van der Waals surface area contributed by atoms with Crippen LogP contribution in [0.2, 0.25) is 0 Å². The third-order valence-electron chi connectivity index (χ3n) is 4.08. The minimum Gasteiger partial charge on any atom is -0.468 e. The van der Waals surface area contributed by atoms with Crippen LogP contribution in [0.25, 0.3) is 11.3 Å². The molecule has 122 valence electrons. The summed E-state index contributed by atoms with van der Waals surface area (Å²) in [5, 5.41) is 16.8. The normalized spacial score (nSPS) is 21.5. The van der Waals surface area contributed by atoms with E-state index in [0.717, 1.165) is 16.8 Å². The highest BCUT2D eigenvalue weighted by molar-refractivity contribution is 5.76. The van der Waals surface area contributed by atoms with Gasteiger partial charge in [0.15, 0.2) is 0 Å². The van der Waals surface area contributed by atoms with Crippen molar-refractivity contribution >= 4 is 5.97 Å². The standard InChI is InChI=1S/C16H18FN3O3/c1-23-16(22)14-6-13(21)9-20(14)8-11-7-18-19-15(11)10-2-4-12(17)5-3-10/h2-5,7,13-14,21H,6,8-9H2,1H3,(H,18,19)/t13-,14+/m1/s1. The van der Waals surface area contributed by atoms with E-state index in [-0.39, 0.29) is 11.8 Å². The van der Waals surface area contributed by atoms with Gasteiger partial charge in [0.1, 0.15) is 11.9 Å². The van der Waals surface area contributed by atoms with Crippen molar-refractivity contribution in [3.63, 3.8) is 0 Å². The topological polar surface area (TPSA) is 78.5 Å². The predicted octanol–water partition coefficient (Wildman–Crippen LogP) is 1.32. The minimum absolute atomic E-state index is 0.303. The van der Waals surface area contributed by atoms with E-state index in [1.807, 2.05) is 4.90 Å². The van der Waals surface area contributed by atoms with E-state index in [0.29, 0.717) is 19.5 Å². The number of halogens is 1. The van der Waals surface area contributed by atoms with Crippen molar-refractivity contribution in [1.82, 2.24) is 15.1 Å². The van der Waals surface area contributed by atoms with Crippen LogP contribution in [0.15, 0.2) is 30.5 Å². The van der Waals surface area contributed by atoms with Crippen molar-refractivity contribution in [1.29, 1.82) is 0 Å². The second kappa shape index (κ2) is 6.47. The zero-order chi connectivity index (χ0) is 16.4. The molecule has 7 heteroatoms. The van der Waals surface area contributed by atoms with Crippen molar-refractivity contribution in [2.24, 2.45) is 0 Å². The lowest BCUT2D eigenvalue weighted by Gasteiger charge is -2.21. The number of carbonyl (C=O) groups excluding carboxylic acids is 1. The summed E-state index contributed by atoms with van der Waals surface area (Å²) in [5.41, 5.74) is 2.46. The Kier molecular flexibility index (Phi) is 4.40. The van der Waals surface area contributed by atoms with Gasteiger partial charge in [-0.15, -0.1) is 0 Å². The zero-order valence-electron chi connectivity index (χ0n) is 12.7. The number of aromatic nitrogens is 2. The predicted molar refractivity (Wildman–Crippen MR) is 80.8 cm³/mol. The van der Waals surface area contributed by atoms with Gasteiger partial charge in [-0.25, -0.2) is 4.39 Å². The van der Waals surface area contributed by atoms with Crippen LogP contribution in [-0.2, 0) is 16.1 Å². The Morgan fingerprint density at radius 3 is 2.91 bits per heavy atom. The maximum absolute atomic E-state index is 13.1. The fraction of sp³-hybridized carbons (Fsp3) is 0.375. The maximum Gasteiger partial charge on any atom is 0.323 e. The molecule has 2 heterocycles. The molecule has 1 saturated heterocycles. The molecule has 0 radical (unpaired) electrons. The first kappa shape index (κ1) is 15.6.